The summed E-state index contributed by atoms with van der Waals surface area (Å²) in [6.45, 7) is 5.77. The van der Waals surface area contributed by atoms with Crippen LogP contribution in [0, 0.1) is 5.92 Å². The first-order valence-electron chi connectivity index (χ1n) is 11.4. The molecule has 0 atom stereocenters. The van der Waals surface area contributed by atoms with Crippen molar-refractivity contribution in [3.63, 3.8) is 0 Å². The lowest BCUT2D eigenvalue weighted by Gasteiger charge is -2.13. The zero-order valence-electron chi connectivity index (χ0n) is 18.3. The SMILES string of the molecule is CC(C)CCn1cnc2c(c1=O)c1nc3ccccc3nc1n2CCC1=CCCCC1. The quantitative estimate of drug-likeness (QED) is 0.404. The second kappa shape index (κ2) is 8.25. The first-order valence-corrected chi connectivity index (χ1v) is 11.4. The summed E-state index contributed by atoms with van der Waals surface area (Å²) < 4.78 is 3.83. The molecule has 0 N–H and O–H groups in total. The summed E-state index contributed by atoms with van der Waals surface area (Å²) in [5.41, 5.74) is 5.26. The zero-order chi connectivity index (χ0) is 21.4. The predicted molar refractivity (Wildman–Crippen MR) is 125 cm³/mol. The smallest absolute Gasteiger partial charge is 0.265 e. The van der Waals surface area contributed by atoms with Crippen molar-refractivity contribution in [1.82, 2.24) is 24.1 Å². The van der Waals surface area contributed by atoms with Gasteiger partial charge in [0.1, 0.15) is 10.9 Å². The third-order valence-corrected chi connectivity index (χ3v) is 6.31. The third kappa shape index (κ3) is 3.75. The Bertz CT molecular complexity index is 1350. The van der Waals surface area contributed by atoms with E-state index in [-0.39, 0.29) is 5.56 Å². The molecule has 0 saturated carbocycles. The van der Waals surface area contributed by atoms with Gasteiger partial charge in [0.25, 0.3) is 5.56 Å². The fourth-order valence-electron chi connectivity index (χ4n) is 4.49. The lowest BCUT2D eigenvalue weighted by Crippen LogP contribution is -2.21. The monoisotopic (exact) mass is 415 g/mol. The van der Waals surface area contributed by atoms with Gasteiger partial charge in [-0.1, -0.05) is 37.6 Å². The summed E-state index contributed by atoms with van der Waals surface area (Å²) in [4.78, 5) is 28.0. The predicted octanol–water partition coefficient (Wildman–Crippen LogP) is 5.23. The summed E-state index contributed by atoms with van der Waals surface area (Å²) in [5.74, 6) is 0.524. The number of allylic oxidation sites excluding steroid dienone is 2. The van der Waals surface area contributed by atoms with E-state index in [4.69, 9.17) is 15.0 Å². The average Bonchev–Trinajstić information content (AvgIpc) is 3.09. The highest BCUT2D eigenvalue weighted by Crippen LogP contribution is 2.27. The summed E-state index contributed by atoms with van der Waals surface area (Å²) in [6, 6.07) is 7.85. The van der Waals surface area contributed by atoms with E-state index in [1.54, 1.807) is 10.9 Å². The lowest BCUT2D eigenvalue weighted by atomic mass is 9.97. The van der Waals surface area contributed by atoms with Crippen LogP contribution in [0.5, 0.6) is 0 Å². The maximum atomic E-state index is 13.4. The van der Waals surface area contributed by atoms with Gasteiger partial charge < -0.3 is 4.57 Å². The van der Waals surface area contributed by atoms with E-state index < -0.39 is 0 Å². The highest BCUT2D eigenvalue weighted by Gasteiger charge is 2.20. The molecule has 1 aliphatic carbocycles. The second-order valence-corrected chi connectivity index (χ2v) is 9.02. The summed E-state index contributed by atoms with van der Waals surface area (Å²) in [6.07, 6.45) is 10.9. The molecule has 0 fully saturated rings. The largest absolute Gasteiger partial charge is 0.308 e. The Morgan fingerprint density at radius 3 is 2.58 bits per heavy atom. The number of benzene rings is 1. The second-order valence-electron chi connectivity index (χ2n) is 9.02. The Morgan fingerprint density at radius 1 is 1.03 bits per heavy atom. The number of para-hydroxylation sites is 2. The van der Waals surface area contributed by atoms with Gasteiger partial charge in [0, 0.05) is 13.1 Å². The molecule has 6 heteroatoms. The van der Waals surface area contributed by atoms with Gasteiger partial charge in [-0.2, -0.15) is 0 Å². The summed E-state index contributed by atoms with van der Waals surface area (Å²) in [5, 5.41) is 0.595. The maximum absolute atomic E-state index is 13.4. The Morgan fingerprint density at radius 2 is 1.84 bits per heavy atom. The first kappa shape index (κ1) is 19.9. The summed E-state index contributed by atoms with van der Waals surface area (Å²) in [7, 11) is 0. The van der Waals surface area contributed by atoms with Gasteiger partial charge in [-0.3, -0.25) is 9.36 Å². The summed E-state index contributed by atoms with van der Waals surface area (Å²) >= 11 is 0. The van der Waals surface area contributed by atoms with Gasteiger partial charge in [-0.05, 0) is 56.6 Å². The van der Waals surface area contributed by atoms with E-state index in [1.165, 1.54) is 31.3 Å². The minimum atomic E-state index is -0.0177. The van der Waals surface area contributed by atoms with Crippen molar-refractivity contribution in [1.29, 1.82) is 0 Å². The molecule has 0 saturated heterocycles. The Labute approximate surface area is 181 Å². The zero-order valence-corrected chi connectivity index (χ0v) is 18.3. The number of nitrogens with zero attached hydrogens (tertiary/aromatic N) is 5. The molecule has 0 spiro atoms. The number of hydrogen-bond donors (Lipinski definition) is 0. The van der Waals surface area contributed by atoms with Gasteiger partial charge in [-0.25, -0.2) is 15.0 Å². The van der Waals surface area contributed by atoms with Crippen molar-refractivity contribution in [3.8, 4) is 0 Å². The van der Waals surface area contributed by atoms with E-state index in [1.807, 2.05) is 24.3 Å². The van der Waals surface area contributed by atoms with Gasteiger partial charge in [0.05, 0.1) is 17.4 Å². The van der Waals surface area contributed by atoms with Crippen LogP contribution in [0.2, 0.25) is 0 Å². The minimum Gasteiger partial charge on any atom is -0.308 e. The molecular formula is C25H29N5O. The van der Waals surface area contributed by atoms with Crippen molar-refractivity contribution in [3.05, 3.63) is 52.6 Å². The lowest BCUT2D eigenvalue weighted by molar-refractivity contribution is 0.506. The molecule has 0 unspecified atom stereocenters. The maximum Gasteiger partial charge on any atom is 0.265 e. The van der Waals surface area contributed by atoms with E-state index in [2.05, 4.69) is 24.5 Å². The molecule has 1 aliphatic rings. The van der Waals surface area contributed by atoms with E-state index in [0.29, 0.717) is 29.0 Å². The molecule has 160 valence electrons. The normalized spacial score (nSPS) is 14.7. The van der Waals surface area contributed by atoms with E-state index >= 15 is 0 Å². The van der Waals surface area contributed by atoms with Gasteiger partial charge in [0.15, 0.2) is 11.3 Å². The molecule has 0 amide bonds. The van der Waals surface area contributed by atoms with E-state index in [0.717, 1.165) is 36.1 Å². The van der Waals surface area contributed by atoms with Crippen molar-refractivity contribution < 1.29 is 0 Å². The van der Waals surface area contributed by atoms with Gasteiger partial charge in [0.2, 0.25) is 0 Å². The molecule has 1 aromatic carbocycles. The molecule has 0 aliphatic heterocycles. The third-order valence-electron chi connectivity index (χ3n) is 6.31. The molecule has 0 radical (unpaired) electrons. The van der Waals surface area contributed by atoms with Crippen LogP contribution in [-0.2, 0) is 13.1 Å². The van der Waals surface area contributed by atoms with Crippen LogP contribution < -0.4 is 5.56 Å². The number of fused-ring (bicyclic) bond motifs is 4. The fourth-order valence-corrected chi connectivity index (χ4v) is 4.49. The Kier molecular flexibility index (Phi) is 5.30. The molecule has 0 bridgehead atoms. The van der Waals surface area contributed by atoms with Crippen molar-refractivity contribution in [2.24, 2.45) is 5.92 Å². The number of aromatic nitrogens is 5. The van der Waals surface area contributed by atoms with Crippen LogP contribution in [0.3, 0.4) is 0 Å². The van der Waals surface area contributed by atoms with Crippen LogP contribution >= 0.6 is 0 Å². The Balaban J connectivity index is 1.69. The first-order chi connectivity index (χ1) is 15.1. The standard InChI is InChI=1S/C25H29N5O/c1-17(2)12-14-29-16-26-23-21(25(29)31)22-24(28-20-11-7-6-10-19(20)27-22)30(23)15-13-18-8-4-3-5-9-18/h6-8,10-11,16-17H,3-5,9,12-15H2,1-2H3. The molecular weight excluding hydrogens is 386 g/mol. The van der Waals surface area contributed by atoms with Crippen LogP contribution in [0.1, 0.15) is 52.4 Å². The van der Waals surface area contributed by atoms with E-state index in [9.17, 15) is 4.79 Å². The average molecular weight is 416 g/mol. The van der Waals surface area contributed by atoms with Crippen LogP contribution in [0.4, 0.5) is 0 Å². The highest BCUT2D eigenvalue weighted by atomic mass is 16.1. The molecule has 3 aromatic heterocycles. The van der Waals surface area contributed by atoms with Crippen LogP contribution in [0.15, 0.2) is 47.0 Å². The topological polar surface area (TPSA) is 65.6 Å². The van der Waals surface area contributed by atoms with Crippen molar-refractivity contribution in [2.75, 3.05) is 0 Å². The number of aryl methyl sites for hydroxylation is 2. The van der Waals surface area contributed by atoms with Gasteiger partial charge >= 0.3 is 0 Å². The number of hydrogen-bond acceptors (Lipinski definition) is 4. The molecule has 5 rings (SSSR count). The van der Waals surface area contributed by atoms with Crippen LogP contribution in [-0.4, -0.2) is 24.1 Å². The molecule has 31 heavy (non-hydrogen) atoms. The number of rotatable bonds is 6. The highest BCUT2D eigenvalue weighted by molar-refractivity contribution is 6.04. The molecule has 4 aromatic rings. The van der Waals surface area contributed by atoms with Crippen LogP contribution in [0.25, 0.3) is 33.2 Å². The fraction of sp³-hybridized carbons (Fsp3) is 0.440. The minimum absolute atomic E-state index is 0.0177. The Hall–Kier alpha value is -3.02. The van der Waals surface area contributed by atoms with Gasteiger partial charge in [-0.15, -0.1) is 0 Å². The molecule has 3 heterocycles. The molecule has 6 nitrogen and oxygen atoms in total. The van der Waals surface area contributed by atoms with Crippen molar-refractivity contribution in [2.45, 2.75) is 65.5 Å². The van der Waals surface area contributed by atoms with Crippen molar-refractivity contribution >= 4 is 33.2 Å².